The predicted octanol–water partition coefficient (Wildman–Crippen LogP) is 5.99. The van der Waals surface area contributed by atoms with Crippen molar-refractivity contribution in [1.29, 1.82) is 0 Å². The Morgan fingerprint density at radius 3 is 2.45 bits per heavy atom. The third-order valence-corrected chi connectivity index (χ3v) is 8.21. The van der Waals surface area contributed by atoms with Gasteiger partial charge in [0.15, 0.2) is 0 Å². The molecule has 1 aliphatic heterocycles. The molecule has 1 heterocycles. The topological polar surface area (TPSA) is 89.5 Å². The van der Waals surface area contributed by atoms with Crippen LogP contribution in [-0.2, 0) is 17.5 Å². The highest BCUT2D eigenvalue weighted by molar-refractivity contribution is 6.31. The van der Waals surface area contributed by atoms with E-state index in [2.05, 4.69) is 44.4 Å². The van der Waals surface area contributed by atoms with Gasteiger partial charge in [0.2, 0.25) is 0 Å². The Balaban J connectivity index is 1.51. The average molecular weight is 673 g/mol. The molecular weight excluding hydrogens is 633 g/mol. The van der Waals surface area contributed by atoms with Gasteiger partial charge in [-0.3, -0.25) is 9.59 Å². The number of hydrogen-bond acceptors (Lipinski definition) is 7. The number of carbonyl (C=O) groups is 2. The zero-order valence-electron chi connectivity index (χ0n) is 26.7. The maximum atomic E-state index is 13.4. The fraction of sp³-hybridized carbons (Fsp3) is 0.382. The van der Waals surface area contributed by atoms with Gasteiger partial charge in [-0.15, -0.1) is 0 Å². The van der Waals surface area contributed by atoms with Crippen molar-refractivity contribution in [3.8, 4) is 0 Å². The van der Waals surface area contributed by atoms with Gasteiger partial charge >= 0.3 is 6.18 Å². The van der Waals surface area contributed by atoms with Crippen LogP contribution in [0.4, 0.5) is 24.5 Å². The van der Waals surface area contributed by atoms with Crippen LogP contribution >= 0.6 is 11.6 Å². The van der Waals surface area contributed by atoms with Crippen molar-refractivity contribution in [2.75, 3.05) is 69.7 Å². The number of likely N-dealkylation sites (N-methyl/N-ethyl adjacent to an activating group) is 2. The molecule has 2 N–H and O–H groups in total. The van der Waals surface area contributed by atoms with Gasteiger partial charge in [-0.25, -0.2) is 5.43 Å². The Hall–Kier alpha value is -3.97. The van der Waals surface area contributed by atoms with Crippen LogP contribution in [0.2, 0.25) is 5.02 Å². The number of alkyl halides is 3. The first-order chi connectivity index (χ1) is 22.5. The Morgan fingerprint density at radius 2 is 1.74 bits per heavy atom. The average Bonchev–Trinajstić information content (AvgIpc) is 3.06. The summed E-state index contributed by atoms with van der Waals surface area (Å²) in [6.45, 7) is 11.1. The number of morpholine rings is 1. The number of anilines is 2. The first-order valence-electron chi connectivity index (χ1n) is 15.5. The van der Waals surface area contributed by atoms with E-state index in [1.165, 1.54) is 6.07 Å². The number of carbonyl (C=O) groups excluding carboxylic acids is 2. The summed E-state index contributed by atoms with van der Waals surface area (Å²) in [7, 11) is 2.04. The second-order valence-electron chi connectivity index (χ2n) is 11.2. The van der Waals surface area contributed by atoms with Crippen LogP contribution in [0.3, 0.4) is 0 Å². The van der Waals surface area contributed by atoms with Crippen molar-refractivity contribution >= 4 is 41.0 Å². The normalized spacial score (nSPS) is 13.9. The van der Waals surface area contributed by atoms with Gasteiger partial charge in [0.25, 0.3) is 11.8 Å². The van der Waals surface area contributed by atoms with E-state index in [-0.39, 0.29) is 16.8 Å². The Morgan fingerprint density at radius 1 is 1.00 bits per heavy atom. The third-order valence-electron chi connectivity index (χ3n) is 7.88. The number of nitrogens with zero attached hydrogens (tertiary/aromatic N) is 4. The Labute approximate surface area is 278 Å². The van der Waals surface area contributed by atoms with E-state index in [4.69, 9.17) is 16.3 Å². The van der Waals surface area contributed by atoms with Crippen LogP contribution in [0.5, 0.6) is 0 Å². The molecule has 252 valence electrons. The lowest BCUT2D eigenvalue weighted by molar-refractivity contribution is -0.137. The van der Waals surface area contributed by atoms with Gasteiger partial charge in [0, 0.05) is 44.0 Å². The van der Waals surface area contributed by atoms with Crippen molar-refractivity contribution in [3.05, 3.63) is 93.5 Å². The van der Waals surface area contributed by atoms with Gasteiger partial charge in [0.05, 0.1) is 41.3 Å². The van der Waals surface area contributed by atoms with E-state index in [1.54, 1.807) is 18.2 Å². The van der Waals surface area contributed by atoms with Crippen LogP contribution in [0.15, 0.2) is 65.8 Å². The molecule has 4 rings (SSSR count). The number of hydrazone groups is 1. The zero-order chi connectivity index (χ0) is 34.0. The lowest BCUT2D eigenvalue weighted by Gasteiger charge is -2.29. The number of benzene rings is 3. The van der Waals surface area contributed by atoms with E-state index in [0.29, 0.717) is 38.4 Å². The molecule has 0 atom stereocenters. The number of hydrogen-bond donors (Lipinski definition) is 2. The van der Waals surface area contributed by atoms with Gasteiger partial charge in [-0.05, 0) is 73.7 Å². The summed E-state index contributed by atoms with van der Waals surface area (Å²) in [5.74, 6) is -1.05. The van der Waals surface area contributed by atoms with Crippen molar-refractivity contribution < 1.29 is 27.5 Å². The van der Waals surface area contributed by atoms with Crippen molar-refractivity contribution in [2.24, 2.45) is 5.10 Å². The highest BCUT2D eigenvalue weighted by Gasteiger charge is 2.33. The molecule has 0 aliphatic carbocycles. The lowest BCUT2D eigenvalue weighted by Crippen LogP contribution is -2.36. The van der Waals surface area contributed by atoms with Crippen LogP contribution in [-0.4, -0.2) is 87.4 Å². The van der Waals surface area contributed by atoms with Crippen LogP contribution < -0.4 is 15.6 Å². The zero-order valence-corrected chi connectivity index (χ0v) is 27.5. The standard InChI is InChI=1S/C34H40ClF3N6O3/c1-4-43(5-2)14-13-42(3)23-25-7-6-8-26(19-25)32(45)40-31-12-10-27(44-15-17-47-18-16-44)21-28(31)33(46)41-39-22-24-9-11-30(35)29(20-24)34(36,37)38/h6-12,19-22H,4-5,13-18,23H2,1-3H3,(H,40,45)(H,41,46). The smallest absolute Gasteiger partial charge is 0.378 e. The van der Waals surface area contributed by atoms with Gasteiger partial charge in [-0.1, -0.05) is 43.6 Å². The molecule has 1 aliphatic rings. The third kappa shape index (κ3) is 10.3. The molecule has 0 bridgehead atoms. The summed E-state index contributed by atoms with van der Waals surface area (Å²) in [5.41, 5.74) is 4.02. The lowest BCUT2D eigenvalue weighted by atomic mass is 10.1. The molecule has 0 radical (unpaired) electrons. The molecular formula is C34H40ClF3N6O3. The highest BCUT2D eigenvalue weighted by atomic mass is 35.5. The fourth-order valence-electron chi connectivity index (χ4n) is 5.16. The van der Waals surface area contributed by atoms with Crippen LogP contribution in [0.1, 0.15) is 51.3 Å². The summed E-state index contributed by atoms with van der Waals surface area (Å²) < 4.78 is 45.3. The number of amides is 2. The van der Waals surface area contributed by atoms with Gasteiger partial charge in [-0.2, -0.15) is 18.3 Å². The molecule has 1 fully saturated rings. The SMILES string of the molecule is CCN(CC)CCN(C)Cc1cccc(C(=O)Nc2ccc(N3CCOCC3)cc2C(=O)NN=Cc2ccc(Cl)c(C(F)(F)F)c2)c1. The minimum absolute atomic E-state index is 0.0937. The monoisotopic (exact) mass is 672 g/mol. The maximum Gasteiger partial charge on any atom is 0.417 e. The number of halogens is 4. The summed E-state index contributed by atoms with van der Waals surface area (Å²) >= 11 is 5.71. The first kappa shape index (κ1) is 35.9. The molecule has 0 unspecified atom stereocenters. The molecule has 0 saturated carbocycles. The Bertz CT molecular complexity index is 1560. The molecule has 47 heavy (non-hydrogen) atoms. The van der Waals surface area contributed by atoms with E-state index in [0.717, 1.165) is 55.8 Å². The summed E-state index contributed by atoms with van der Waals surface area (Å²) in [4.78, 5) is 33.4. The van der Waals surface area contributed by atoms with Crippen molar-refractivity contribution in [2.45, 2.75) is 26.6 Å². The molecule has 13 heteroatoms. The minimum atomic E-state index is -4.64. The second-order valence-corrected chi connectivity index (χ2v) is 11.6. The largest absolute Gasteiger partial charge is 0.417 e. The predicted molar refractivity (Wildman–Crippen MR) is 180 cm³/mol. The molecule has 0 aromatic heterocycles. The molecule has 1 saturated heterocycles. The number of rotatable bonds is 13. The first-order valence-corrected chi connectivity index (χ1v) is 15.8. The summed E-state index contributed by atoms with van der Waals surface area (Å²) in [6, 6.07) is 15.8. The fourth-order valence-corrected chi connectivity index (χ4v) is 5.39. The second kappa shape index (κ2) is 16.7. The van der Waals surface area contributed by atoms with Crippen LogP contribution in [0.25, 0.3) is 0 Å². The maximum absolute atomic E-state index is 13.4. The van der Waals surface area contributed by atoms with E-state index in [9.17, 15) is 22.8 Å². The van der Waals surface area contributed by atoms with Crippen molar-refractivity contribution in [3.63, 3.8) is 0 Å². The van der Waals surface area contributed by atoms with Gasteiger partial charge in [0.1, 0.15) is 0 Å². The minimum Gasteiger partial charge on any atom is -0.378 e. The summed E-state index contributed by atoms with van der Waals surface area (Å²) in [6.07, 6.45) is -3.55. The van der Waals surface area contributed by atoms with E-state index >= 15 is 0 Å². The highest BCUT2D eigenvalue weighted by Crippen LogP contribution is 2.35. The Kier molecular flexibility index (Phi) is 12.8. The quantitative estimate of drug-likeness (QED) is 0.172. The van der Waals surface area contributed by atoms with E-state index < -0.39 is 28.6 Å². The van der Waals surface area contributed by atoms with Crippen LogP contribution in [0, 0.1) is 0 Å². The summed E-state index contributed by atoms with van der Waals surface area (Å²) in [5, 5.41) is 6.30. The molecule has 2 amide bonds. The molecule has 9 nitrogen and oxygen atoms in total. The van der Waals surface area contributed by atoms with Crippen molar-refractivity contribution in [1.82, 2.24) is 15.2 Å². The van der Waals surface area contributed by atoms with Gasteiger partial charge < -0.3 is 24.8 Å². The molecule has 0 spiro atoms. The molecule has 3 aromatic carbocycles. The van der Waals surface area contributed by atoms with E-state index in [1.807, 2.05) is 31.3 Å². The number of ether oxygens (including phenoxy) is 1. The number of nitrogens with one attached hydrogen (secondary N) is 2. The molecule has 3 aromatic rings.